The van der Waals surface area contributed by atoms with Gasteiger partial charge in [0.15, 0.2) is 0 Å². The maximum Gasteiger partial charge on any atom is 0.303 e. The second kappa shape index (κ2) is 8.82. The largest absolute Gasteiger partial charge is 0.481 e. The molecule has 0 radical (unpaired) electrons. The summed E-state index contributed by atoms with van der Waals surface area (Å²) in [7, 11) is 0.0256. The van der Waals surface area contributed by atoms with Crippen LogP contribution in [0, 0.1) is 0 Å². The van der Waals surface area contributed by atoms with Gasteiger partial charge in [-0.3, -0.25) is 4.79 Å². The van der Waals surface area contributed by atoms with Crippen molar-refractivity contribution in [2.24, 2.45) is 0 Å². The van der Waals surface area contributed by atoms with Crippen molar-refractivity contribution in [1.82, 2.24) is 4.72 Å². The SMILES string of the molecule is CN(C)c1ccc(S(=O)(=O)NC(CCC(=O)O)Cc2ccccc2)cc1. The molecule has 0 aliphatic heterocycles. The smallest absolute Gasteiger partial charge is 0.303 e. The number of carboxylic acids is 1. The lowest BCUT2D eigenvalue weighted by Crippen LogP contribution is -2.36. The van der Waals surface area contributed by atoms with Crippen LogP contribution >= 0.6 is 0 Å². The third kappa shape index (κ3) is 5.86. The molecule has 0 aromatic heterocycles. The number of carbonyl (C=O) groups is 1. The molecule has 0 amide bonds. The molecule has 2 aromatic rings. The lowest BCUT2D eigenvalue weighted by molar-refractivity contribution is -0.137. The molecule has 0 fully saturated rings. The highest BCUT2D eigenvalue weighted by Gasteiger charge is 2.21. The summed E-state index contributed by atoms with van der Waals surface area (Å²) in [5.41, 5.74) is 1.85. The van der Waals surface area contributed by atoms with Crippen LogP contribution in [0.1, 0.15) is 18.4 Å². The number of sulfonamides is 1. The van der Waals surface area contributed by atoms with E-state index in [9.17, 15) is 13.2 Å². The quantitative estimate of drug-likeness (QED) is 0.702. The van der Waals surface area contributed by atoms with Crippen molar-refractivity contribution in [2.45, 2.75) is 30.2 Å². The van der Waals surface area contributed by atoms with Gasteiger partial charge in [-0.1, -0.05) is 30.3 Å². The van der Waals surface area contributed by atoms with E-state index < -0.39 is 22.0 Å². The molecule has 0 heterocycles. The summed E-state index contributed by atoms with van der Waals surface area (Å²) in [5.74, 6) is -0.947. The number of nitrogens with zero attached hydrogens (tertiary/aromatic N) is 1. The summed E-state index contributed by atoms with van der Waals surface area (Å²) in [4.78, 5) is 13.0. The Hall–Kier alpha value is -2.38. The molecule has 26 heavy (non-hydrogen) atoms. The van der Waals surface area contributed by atoms with Crippen LogP contribution in [0.15, 0.2) is 59.5 Å². The Labute approximate surface area is 154 Å². The summed E-state index contributed by atoms with van der Waals surface area (Å²) in [6.45, 7) is 0. The van der Waals surface area contributed by atoms with Gasteiger partial charge < -0.3 is 10.0 Å². The molecule has 1 unspecified atom stereocenters. The van der Waals surface area contributed by atoms with E-state index in [1.807, 2.05) is 49.3 Å². The lowest BCUT2D eigenvalue weighted by Gasteiger charge is -2.19. The van der Waals surface area contributed by atoms with Crippen LogP contribution in [0.25, 0.3) is 0 Å². The number of anilines is 1. The Morgan fingerprint density at radius 2 is 1.69 bits per heavy atom. The third-order valence-corrected chi connectivity index (χ3v) is 5.55. The minimum absolute atomic E-state index is 0.0976. The molecule has 2 rings (SSSR count). The Kier molecular flexibility index (Phi) is 6.76. The molecule has 140 valence electrons. The predicted octanol–water partition coefficient (Wildman–Crippen LogP) is 2.51. The third-order valence-electron chi connectivity index (χ3n) is 4.02. The monoisotopic (exact) mass is 376 g/mol. The maximum atomic E-state index is 12.7. The van der Waals surface area contributed by atoms with Gasteiger partial charge in [0.25, 0.3) is 0 Å². The van der Waals surface area contributed by atoms with Gasteiger partial charge in [-0.25, -0.2) is 13.1 Å². The summed E-state index contributed by atoms with van der Waals surface area (Å²) in [5, 5.41) is 8.94. The highest BCUT2D eigenvalue weighted by molar-refractivity contribution is 7.89. The first-order valence-electron chi connectivity index (χ1n) is 8.33. The zero-order valence-corrected chi connectivity index (χ0v) is 15.7. The number of rotatable bonds is 9. The molecule has 0 aliphatic rings. The first kappa shape index (κ1) is 19.9. The molecule has 2 aromatic carbocycles. The van der Waals surface area contributed by atoms with E-state index in [1.54, 1.807) is 24.3 Å². The van der Waals surface area contributed by atoms with E-state index in [-0.39, 0.29) is 17.7 Å². The first-order chi connectivity index (χ1) is 12.3. The molecule has 6 nitrogen and oxygen atoms in total. The number of hydrogen-bond acceptors (Lipinski definition) is 4. The Morgan fingerprint density at radius 1 is 1.08 bits per heavy atom. The van der Waals surface area contributed by atoms with E-state index >= 15 is 0 Å². The van der Waals surface area contributed by atoms with Gasteiger partial charge in [-0.05, 0) is 42.7 Å². The second-order valence-electron chi connectivity index (χ2n) is 6.33. The van der Waals surface area contributed by atoms with Crippen LogP contribution in [0.2, 0.25) is 0 Å². The van der Waals surface area contributed by atoms with Crippen molar-refractivity contribution in [3.63, 3.8) is 0 Å². The van der Waals surface area contributed by atoms with Crippen molar-refractivity contribution in [3.05, 3.63) is 60.2 Å². The van der Waals surface area contributed by atoms with Gasteiger partial charge in [0.1, 0.15) is 0 Å². The minimum atomic E-state index is -3.73. The van der Waals surface area contributed by atoms with Gasteiger partial charge in [-0.2, -0.15) is 0 Å². The fraction of sp³-hybridized carbons (Fsp3) is 0.316. The van der Waals surface area contributed by atoms with Crippen molar-refractivity contribution in [3.8, 4) is 0 Å². The standard InChI is InChI=1S/C19H24N2O4S/c1-21(2)17-9-11-18(12-10-17)26(24,25)20-16(8-13-19(22)23)14-15-6-4-3-5-7-15/h3-7,9-12,16,20H,8,13-14H2,1-2H3,(H,22,23). The molecular formula is C19H24N2O4S. The van der Waals surface area contributed by atoms with Crippen molar-refractivity contribution in [1.29, 1.82) is 0 Å². The molecule has 0 aliphatic carbocycles. The Bertz CT molecular complexity index is 818. The van der Waals surface area contributed by atoms with Gasteiger partial charge in [-0.15, -0.1) is 0 Å². The topological polar surface area (TPSA) is 86.7 Å². The van der Waals surface area contributed by atoms with Crippen molar-refractivity contribution in [2.75, 3.05) is 19.0 Å². The van der Waals surface area contributed by atoms with Crippen molar-refractivity contribution >= 4 is 21.7 Å². The fourth-order valence-electron chi connectivity index (χ4n) is 2.61. The average molecular weight is 376 g/mol. The Morgan fingerprint density at radius 3 is 2.23 bits per heavy atom. The number of aliphatic carboxylic acids is 1. The van der Waals surface area contributed by atoms with Gasteiger partial charge in [0.05, 0.1) is 4.90 Å². The molecule has 0 saturated heterocycles. The van der Waals surface area contributed by atoms with Crippen LogP contribution in [-0.2, 0) is 21.2 Å². The number of hydrogen-bond donors (Lipinski definition) is 2. The summed E-state index contributed by atoms with van der Waals surface area (Å²) >= 11 is 0. The first-order valence-corrected chi connectivity index (χ1v) is 9.81. The van der Waals surface area contributed by atoms with Crippen LogP contribution in [0.4, 0.5) is 5.69 Å². The van der Waals surface area contributed by atoms with E-state index in [0.717, 1.165) is 11.3 Å². The molecule has 1 atom stereocenters. The molecule has 2 N–H and O–H groups in total. The normalized spacial score (nSPS) is 12.5. The van der Waals surface area contributed by atoms with E-state index in [2.05, 4.69) is 4.72 Å². The van der Waals surface area contributed by atoms with Gasteiger partial charge in [0, 0.05) is 32.2 Å². The second-order valence-corrected chi connectivity index (χ2v) is 8.04. The average Bonchev–Trinajstić information content (AvgIpc) is 2.60. The van der Waals surface area contributed by atoms with Crippen LogP contribution in [0.5, 0.6) is 0 Å². The lowest BCUT2D eigenvalue weighted by atomic mass is 10.0. The molecule has 0 saturated carbocycles. The molecule has 7 heteroatoms. The fourth-order valence-corrected chi connectivity index (χ4v) is 3.88. The van der Waals surface area contributed by atoms with Gasteiger partial charge >= 0.3 is 5.97 Å². The number of benzene rings is 2. The van der Waals surface area contributed by atoms with E-state index in [4.69, 9.17) is 5.11 Å². The van der Waals surface area contributed by atoms with Crippen LogP contribution in [0.3, 0.4) is 0 Å². The molecular weight excluding hydrogens is 352 g/mol. The van der Waals surface area contributed by atoms with Crippen LogP contribution in [-0.4, -0.2) is 39.6 Å². The predicted molar refractivity (Wildman–Crippen MR) is 102 cm³/mol. The highest BCUT2D eigenvalue weighted by Crippen LogP contribution is 2.17. The van der Waals surface area contributed by atoms with E-state index in [0.29, 0.717) is 6.42 Å². The Balaban J connectivity index is 2.17. The minimum Gasteiger partial charge on any atom is -0.481 e. The number of carboxylic acid groups (broad SMARTS) is 1. The number of nitrogens with one attached hydrogen (secondary N) is 1. The van der Waals surface area contributed by atoms with Crippen molar-refractivity contribution < 1.29 is 18.3 Å². The maximum absolute atomic E-state index is 12.7. The molecule has 0 bridgehead atoms. The highest BCUT2D eigenvalue weighted by atomic mass is 32.2. The summed E-state index contributed by atoms with van der Waals surface area (Å²) < 4.78 is 28.0. The zero-order chi connectivity index (χ0) is 19.2. The summed E-state index contributed by atoms with van der Waals surface area (Å²) in [6, 6.07) is 15.5. The summed E-state index contributed by atoms with van der Waals surface area (Å²) in [6.07, 6.45) is 0.557. The van der Waals surface area contributed by atoms with Crippen LogP contribution < -0.4 is 9.62 Å². The van der Waals surface area contributed by atoms with E-state index in [1.165, 1.54) is 0 Å². The van der Waals surface area contributed by atoms with Gasteiger partial charge in [0.2, 0.25) is 10.0 Å². The zero-order valence-electron chi connectivity index (χ0n) is 14.9. The molecule has 0 spiro atoms.